The Morgan fingerprint density at radius 3 is 2.03 bits per heavy atom. The second kappa shape index (κ2) is 13.0. The molecule has 0 radical (unpaired) electrons. The van der Waals surface area contributed by atoms with E-state index in [1.165, 1.54) is 0 Å². The van der Waals surface area contributed by atoms with Crippen LogP contribution in [0.25, 0.3) is 0 Å². The van der Waals surface area contributed by atoms with Gasteiger partial charge in [-0.3, -0.25) is 14.4 Å². The van der Waals surface area contributed by atoms with E-state index in [0.717, 1.165) is 6.42 Å². The number of carbonyl (C=O) groups is 4. The van der Waals surface area contributed by atoms with Gasteiger partial charge in [0.1, 0.15) is 18.1 Å². The molecule has 1 fully saturated rings. The fourth-order valence-corrected chi connectivity index (χ4v) is 2.86. The summed E-state index contributed by atoms with van der Waals surface area (Å²) in [5.41, 5.74) is 5.36. The van der Waals surface area contributed by atoms with E-state index in [1.807, 2.05) is 0 Å². The van der Waals surface area contributed by atoms with E-state index in [9.17, 15) is 34.5 Å². The van der Waals surface area contributed by atoms with Crippen LogP contribution in [-0.4, -0.2) is 89.5 Å². The normalized spacial score (nSPS) is 19.1. The summed E-state index contributed by atoms with van der Waals surface area (Å²) >= 11 is 0. The van der Waals surface area contributed by atoms with Crippen molar-refractivity contribution in [3.63, 3.8) is 0 Å². The average Bonchev–Trinajstić information content (AvgIpc) is 3.23. The van der Waals surface area contributed by atoms with Crippen molar-refractivity contribution in [2.45, 2.75) is 56.3 Å². The molecule has 1 rings (SSSR count). The van der Waals surface area contributed by atoms with Gasteiger partial charge >= 0.3 is 5.97 Å². The van der Waals surface area contributed by atoms with E-state index < -0.39 is 61.1 Å². The monoisotopic (exact) mass is 417 g/mol. The average molecular weight is 417 g/mol. The molecule has 0 saturated carbocycles. The van der Waals surface area contributed by atoms with E-state index in [2.05, 4.69) is 21.3 Å². The second-order valence-electron chi connectivity index (χ2n) is 6.82. The molecule has 0 aromatic rings. The number of aliphatic hydroxyl groups is 2. The van der Waals surface area contributed by atoms with Gasteiger partial charge in [-0.1, -0.05) is 0 Å². The zero-order valence-corrected chi connectivity index (χ0v) is 16.2. The van der Waals surface area contributed by atoms with Gasteiger partial charge in [-0.15, -0.1) is 0 Å². The van der Waals surface area contributed by atoms with Crippen LogP contribution in [0.1, 0.15) is 32.1 Å². The van der Waals surface area contributed by atoms with E-state index in [1.54, 1.807) is 0 Å². The van der Waals surface area contributed by atoms with E-state index in [-0.39, 0.29) is 6.42 Å². The minimum Gasteiger partial charge on any atom is -0.480 e. The third-order valence-electron chi connectivity index (χ3n) is 4.57. The summed E-state index contributed by atoms with van der Waals surface area (Å²) in [7, 11) is 0. The minimum atomic E-state index is -1.44. The first-order chi connectivity index (χ1) is 13.8. The number of nitrogens with two attached hydrogens (primary N) is 1. The SMILES string of the molecule is NCCCCC(NC(=O)C(CO)NC(=O)C(CO)NC(=O)C1CCCN1)C(=O)O. The molecule has 4 atom stereocenters. The number of aliphatic hydroxyl groups excluding tert-OH is 2. The number of carboxylic acids is 1. The lowest BCUT2D eigenvalue weighted by Crippen LogP contribution is -2.58. The highest BCUT2D eigenvalue weighted by Gasteiger charge is 2.30. The maximum atomic E-state index is 12.3. The van der Waals surface area contributed by atoms with Gasteiger partial charge < -0.3 is 42.3 Å². The van der Waals surface area contributed by atoms with Crippen molar-refractivity contribution in [1.29, 1.82) is 0 Å². The molecule has 1 aliphatic rings. The van der Waals surface area contributed by atoms with Crippen LogP contribution in [0, 0.1) is 0 Å². The highest BCUT2D eigenvalue weighted by Crippen LogP contribution is 2.05. The molecule has 1 aliphatic heterocycles. The van der Waals surface area contributed by atoms with E-state index >= 15 is 0 Å². The zero-order chi connectivity index (χ0) is 21.8. The van der Waals surface area contributed by atoms with Crippen LogP contribution in [0.15, 0.2) is 0 Å². The van der Waals surface area contributed by atoms with Crippen molar-refractivity contribution in [1.82, 2.24) is 21.3 Å². The number of hydrogen-bond acceptors (Lipinski definition) is 8. The van der Waals surface area contributed by atoms with Crippen LogP contribution >= 0.6 is 0 Å². The van der Waals surface area contributed by atoms with Crippen LogP contribution in [0.2, 0.25) is 0 Å². The van der Waals surface area contributed by atoms with Gasteiger partial charge in [0.25, 0.3) is 0 Å². The number of carbonyl (C=O) groups excluding carboxylic acids is 3. The van der Waals surface area contributed by atoms with E-state index in [0.29, 0.717) is 32.4 Å². The Kier molecular flexibility index (Phi) is 11.1. The quantitative estimate of drug-likeness (QED) is 0.139. The van der Waals surface area contributed by atoms with Gasteiger partial charge in [-0.05, 0) is 45.2 Å². The molecule has 12 heteroatoms. The lowest BCUT2D eigenvalue weighted by molar-refractivity contribution is -0.142. The van der Waals surface area contributed by atoms with Crippen LogP contribution in [0.4, 0.5) is 0 Å². The summed E-state index contributed by atoms with van der Waals surface area (Å²) < 4.78 is 0. The number of aliphatic carboxylic acids is 1. The molecule has 1 heterocycles. The van der Waals surface area contributed by atoms with Crippen molar-refractivity contribution in [2.75, 3.05) is 26.3 Å². The number of carboxylic acid groups (broad SMARTS) is 1. The summed E-state index contributed by atoms with van der Waals surface area (Å²) in [5.74, 6) is -3.46. The summed E-state index contributed by atoms with van der Waals surface area (Å²) in [5, 5.41) is 37.8. The number of amides is 3. The molecular formula is C17H31N5O7. The Hall–Kier alpha value is -2.28. The molecule has 0 aliphatic carbocycles. The highest BCUT2D eigenvalue weighted by atomic mass is 16.4. The second-order valence-corrected chi connectivity index (χ2v) is 6.82. The summed E-state index contributed by atoms with van der Waals surface area (Å²) in [6.07, 6.45) is 2.64. The molecule has 29 heavy (non-hydrogen) atoms. The third kappa shape index (κ3) is 8.31. The predicted molar refractivity (Wildman–Crippen MR) is 102 cm³/mol. The maximum absolute atomic E-state index is 12.3. The van der Waals surface area contributed by atoms with Crippen LogP contribution in [0.3, 0.4) is 0 Å². The van der Waals surface area contributed by atoms with Crippen molar-refractivity contribution in [3.8, 4) is 0 Å². The predicted octanol–water partition coefficient (Wildman–Crippen LogP) is -3.61. The Bertz CT molecular complexity index is 568. The molecule has 12 nitrogen and oxygen atoms in total. The van der Waals surface area contributed by atoms with E-state index in [4.69, 9.17) is 5.73 Å². The first-order valence-corrected chi connectivity index (χ1v) is 9.63. The first kappa shape index (κ1) is 24.8. The summed E-state index contributed by atoms with van der Waals surface area (Å²) in [6, 6.07) is -4.40. The zero-order valence-electron chi connectivity index (χ0n) is 16.2. The number of rotatable bonds is 13. The number of hydrogen-bond donors (Lipinski definition) is 8. The van der Waals surface area contributed by atoms with Crippen LogP contribution in [-0.2, 0) is 19.2 Å². The first-order valence-electron chi connectivity index (χ1n) is 9.63. The molecule has 0 aromatic carbocycles. The van der Waals surface area contributed by atoms with Gasteiger partial charge in [0, 0.05) is 0 Å². The molecular weight excluding hydrogens is 386 g/mol. The van der Waals surface area contributed by atoms with Gasteiger partial charge in [-0.2, -0.15) is 0 Å². The summed E-state index contributed by atoms with van der Waals surface area (Å²) in [4.78, 5) is 47.9. The van der Waals surface area contributed by atoms with Gasteiger partial charge in [0.2, 0.25) is 17.7 Å². The van der Waals surface area contributed by atoms with Crippen molar-refractivity contribution >= 4 is 23.7 Å². The van der Waals surface area contributed by atoms with Crippen molar-refractivity contribution in [3.05, 3.63) is 0 Å². The molecule has 0 bridgehead atoms. The highest BCUT2D eigenvalue weighted by molar-refractivity contribution is 5.94. The van der Waals surface area contributed by atoms with Crippen LogP contribution in [0.5, 0.6) is 0 Å². The van der Waals surface area contributed by atoms with Crippen LogP contribution < -0.4 is 27.0 Å². The van der Waals surface area contributed by atoms with Crippen molar-refractivity contribution < 1.29 is 34.5 Å². The lowest BCUT2D eigenvalue weighted by atomic mass is 10.1. The van der Waals surface area contributed by atoms with Gasteiger partial charge in [0.05, 0.1) is 19.3 Å². The molecule has 166 valence electrons. The fraction of sp³-hybridized carbons (Fsp3) is 0.765. The Balaban J connectivity index is 2.62. The molecule has 4 unspecified atom stereocenters. The smallest absolute Gasteiger partial charge is 0.326 e. The Labute approximate surface area is 168 Å². The topological polar surface area (TPSA) is 203 Å². The maximum Gasteiger partial charge on any atom is 0.326 e. The van der Waals surface area contributed by atoms with Gasteiger partial charge in [-0.25, -0.2) is 4.79 Å². The standard InChI is InChI=1S/C17H31N5O7/c18-6-2-1-4-11(17(28)29)20-15(26)12(8-23)22-16(27)13(9-24)21-14(25)10-5-3-7-19-10/h10-13,19,23-24H,1-9,18H2,(H,20,26)(H,21,25)(H,22,27)(H,28,29). The minimum absolute atomic E-state index is 0.147. The summed E-state index contributed by atoms with van der Waals surface area (Å²) in [6.45, 7) is -0.430. The van der Waals surface area contributed by atoms with Gasteiger partial charge in [0.15, 0.2) is 0 Å². The Morgan fingerprint density at radius 2 is 1.55 bits per heavy atom. The molecule has 9 N–H and O–H groups in total. The fourth-order valence-electron chi connectivity index (χ4n) is 2.86. The number of unbranched alkanes of at least 4 members (excludes halogenated alkanes) is 1. The molecule has 1 saturated heterocycles. The molecule has 0 aromatic heterocycles. The molecule has 0 spiro atoms. The largest absolute Gasteiger partial charge is 0.480 e. The third-order valence-corrected chi connectivity index (χ3v) is 4.57. The molecule has 3 amide bonds. The number of nitrogens with one attached hydrogen (secondary N) is 4. The Morgan fingerprint density at radius 1 is 0.966 bits per heavy atom. The lowest BCUT2D eigenvalue weighted by Gasteiger charge is -2.23. The van der Waals surface area contributed by atoms with Crippen molar-refractivity contribution in [2.24, 2.45) is 5.73 Å².